The van der Waals surface area contributed by atoms with Gasteiger partial charge in [0.2, 0.25) is 0 Å². The Kier molecular flexibility index (Phi) is 4.00. The van der Waals surface area contributed by atoms with E-state index in [9.17, 15) is 10.1 Å². The van der Waals surface area contributed by atoms with Crippen molar-refractivity contribution in [2.24, 2.45) is 0 Å². The number of fused-ring (bicyclic) bond motifs is 1. The first kappa shape index (κ1) is 16.1. The third-order valence-electron chi connectivity index (χ3n) is 4.57. The highest BCUT2D eigenvalue weighted by molar-refractivity contribution is 5.82. The maximum absolute atomic E-state index is 10.9. The van der Waals surface area contributed by atoms with Gasteiger partial charge in [-0.25, -0.2) is 9.97 Å². The maximum Gasteiger partial charge on any atom is 0.271 e. The third kappa shape index (κ3) is 2.97. The molecule has 2 aromatic carbocycles. The van der Waals surface area contributed by atoms with Crippen molar-refractivity contribution < 1.29 is 4.92 Å². The molecule has 1 saturated heterocycles. The number of anilines is 3. The van der Waals surface area contributed by atoms with Crippen LogP contribution in [-0.4, -0.2) is 41.1 Å². The summed E-state index contributed by atoms with van der Waals surface area (Å²) in [7, 11) is 0. The number of nitro benzene ring substituents is 1. The first-order valence-corrected chi connectivity index (χ1v) is 8.38. The lowest BCUT2D eigenvalue weighted by Crippen LogP contribution is -2.47. The molecule has 8 heteroatoms. The summed E-state index contributed by atoms with van der Waals surface area (Å²) in [4.78, 5) is 23.8. The summed E-state index contributed by atoms with van der Waals surface area (Å²) in [6.07, 6.45) is 0. The van der Waals surface area contributed by atoms with Gasteiger partial charge < -0.3 is 15.5 Å². The molecule has 2 N–H and O–H groups in total. The second kappa shape index (κ2) is 6.47. The van der Waals surface area contributed by atoms with Gasteiger partial charge in [-0.1, -0.05) is 18.2 Å². The van der Waals surface area contributed by atoms with E-state index in [1.54, 1.807) is 6.07 Å². The number of rotatable bonds is 3. The minimum absolute atomic E-state index is 0.0181. The zero-order chi connectivity index (χ0) is 18.1. The number of piperazine rings is 1. The Morgan fingerprint density at radius 2 is 1.62 bits per heavy atom. The molecule has 0 aliphatic carbocycles. The first-order valence-electron chi connectivity index (χ1n) is 8.38. The Bertz CT molecular complexity index is 955. The zero-order valence-electron chi connectivity index (χ0n) is 14.1. The molecule has 0 radical (unpaired) electrons. The molecule has 3 aromatic rings. The van der Waals surface area contributed by atoms with E-state index in [2.05, 4.69) is 31.9 Å². The van der Waals surface area contributed by atoms with E-state index in [1.807, 2.05) is 18.2 Å². The van der Waals surface area contributed by atoms with Crippen molar-refractivity contribution in [2.75, 3.05) is 41.7 Å². The second-order valence-corrected chi connectivity index (χ2v) is 6.17. The van der Waals surface area contributed by atoms with E-state index in [0.717, 1.165) is 26.2 Å². The minimum atomic E-state index is -0.450. The summed E-state index contributed by atoms with van der Waals surface area (Å²) in [5.74, 6) is 0.935. The van der Waals surface area contributed by atoms with Crippen LogP contribution < -0.4 is 15.5 Å². The summed E-state index contributed by atoms with van der Waals surface area (Å²) < 4.78 is 0. The molecule has 4 rings (SSSR count). The van der Waals surface area contributed by atoms with Gasteiger partial charge in [-0.3, -0.25) is 10.1 Å². The number of nitro groups is 1. The molecule has 132 valence electrons. The van der Waals surface area contributed by atoms with Crippen LogP contribution in [0.3, 0.4) is 0 Å². The lowest BCUT2D eigenvalue weighted by atomic mass is 10.2. The Hall–Kier alpha value is -3.42. The fourth-order valence-corrected chi connectivity index (χ4v) is 3.21. The molecular formula is C18H18N6O2. The number of non-ortho nitro benzene ring substituents is 1. The van der Waals surface area contributed by atoms with E-state index < -0.39 is 4.92 Å². The van der Waals surface area contributed by atoms with Crippen LogP contribution in [-0.2, 0) is 0 Å². The first-order chi connectivity index (χ1) is 12.6. The van der Waals surface area contributed by atoms with Crippen molar-refractivity contribution in [3.63, 3.8) is 0 Å². The number of nitrogens with two attached hydrogens (primary N) is 1. The quantitative estimate of drug-likeness (QED) is 0.572. The lowest BCUT2D eigenvalue weighted by molar-refractivity contribution is -0.384. The van der Waals surface area contributed by atoms with Gasteiger partial charge >= 0.3 is 0 Å². The molecule has 1 aromatic heterocycles. The van der Waals surface area contributed by atoms with E-state index in [0.29, 0.717) is 22.7 Å². The number of hydrogen-bond acceptors (Lipinski definition) is 7. The van der Waals surface area contributed by atoms with Crippen LogP contribution in [0, 0.1) is 10.1 Å². The van der Waals surface area contributed by atoms with Crippen molar-refractivity contribution in [3.8, 4) is 0 Å². The van der Waals surface area contributed by atoms with Gasteiger partial charge in [-0.2, -0.15) is 0 Å². The molecule has 0 atom stereocenters. The van der Waals surface area contributed by atoms with Crippen molar-refractivity contribution in [3.05, 3.63) is 58.6 Å². The van der Waals surface area contributed by atoms with Gasteiger partial charge in [0.05, 0.1) is 16.0 Å². The van der Waals surface area contributed by atoms with Crippen LogP contribution in [0.15, 0.2) is 48.5 Å². The van der Waals surface area contributed by atoms with E-state index in [1.165, 1.54) is 17.8 Å². The molecule has 0 amide bonds. The number of aromatic nitrogens is 2. The summed E-state index contributed by atoms with van der Waals surface area (Å²) in [5, 5.41) is 10.9. The predicted octanol–water partition coefficient (Wildman–Crippen LogP) is 2.45. The van der Waals surface area contributed by atoms with E-state index in [-0.39, 0.29) is 5.69 Å². The zero-order valence-corrected chi connectivity index (χ0v) is 14.1. The standard InChI is InChI=1S/C18H18N6O2/c19-17-18(21-15-7-6-14(24(25)26)12-16(15)20-17)23-10-8-22(9-11-23)13-4-2-1-3-5-13/h1-7,12H,8-11H2,(H2,19,20). The van der Waals surface area contributed by atoms with Crippen LogP contribution >= 0.6 is 0 Å². The fourth-order valence-electron chi connectivity index (χ4n) is 3.21. The smallest absolute Gasteiger partial charge is 0.271 e. The molecule has 8 nitrogen and oxygen atoms in total. The number of benzene rings is 2. The van der Waals surface area contributed by atoms with Crippen molar-refractivity contribution in [2.45, 2.75) is 0 Å². The van der Waals surface area contributed by atoms with Crippen LogP contribution in [0.2, 0.25) is 0 Å². The maximum atomic E-state index is 10.9. The van der Waals surface area contributed by atoms with Gasteiger partial charge in [0.15, 0.2) is 11.6 Å². The predicted molar refractivity (Wildman–Crippen MR) is 101 cm³/mol. The van der Waals surface area contributed by atoms with E-state index >= 15 is 0 Å². The second-order valence-electron chi connectivity index (χ2n) is 6.17. The molecule has 1 fully saturated rings. The minimum Gasteiger partial charge on any atom is -0.381 e. The summed E-state index contributed by atoms with van der Waals surface area (Å²) >= 11 is 0. The Morgan fingerprint density at radius 1 is 0.923 bits per heavy atom. The van der Waals surface area contributed by atoms with Crippen molar-refractivity contribution in [1.29, 1.82) is 0 Å². The van der Waals surface area contributed by atoms with Gasteiger partial charge in [0.1, 0.15) is 0 Å². The van der Waals surface area contributed by atoms with Crippen molar-refractivity contribution >= 4 is 34.0 Å². The van der Waals surface area contributed by atoms with Gasteiger partial charge in [-0.05, 0) is 18.2 Å². The average molecular weight is 350 g/mol. The highest BCUT2D eigenvalue weighted by Crippen LogP contribution is 2.26. The van der Waals surface area contributed by atoms with Crippen LogP contribution in [0.4, 0.5) is 23.0 Å². The van der Waals surface area contributed by atoms with Crippen LogP contribution in [0.25, 0.3) is 11.0 Å². The van der Waals surface area contributed by atoms with Crippen LogP contribution in [0.5, 0.6) is 0 Å². The number of hydrogen-bond donors (Lipinski definition) is 1. The molecule has 1 aliphatic rings. The summed E-state index contributed by atoms with van der Waals surface area (Å²) in [6, 6.07) is 14.7. The Balaban J connectivity index is 1.56. The fraction of sp³-hybridized carbons (Fsp3) is 0.222. The third-order valence-corrected chi connectivity index (χ3v) is 4.57. The lowest BCUT2D eigenvalue weighted by Gasteiger charge is -2.37. The highest BCUT2D eigenvalue weighted by atomic mass is 16.6. The molecule has 0 unspecified atom stereocenters. The van der Waals surface area contributed by atoms with Gasteiger partial charge in [-0.15, -0.1) is 0 Å². The monoisotopic (exact) mass is 350 g/mol. The highest BCUT2D eigenvalue weighted by Gasteiger charge is 2.21. The molecular weight excluding hydrogens is 332 g/mol. The average Bonchev–Trinajstić information content (AvgIpc) is 2.68. The van der Waals surface area contributed by atoms with Crippen molar-refractivity contribution in [1.82, 2.24) is 9.97 Å². The van der Waals surface area contributed by atoms with Crippen LogP contribution in [0.1, 0.15) is 0 Å². The molecule has 1 aliphatic heterocycles. The topological polar surface area (TPSA) is 101 Å². The Morgan fingerprint density at radius 3 is 2.31 bits per heavy atom. The molecule has 0 spiro atoms. The number of nitrogen functional groups attached to an aromatic ring is 1. The SMILES string of the molecule is Nc1nc2cc([N+](=O)[O-])ccc2nc1N1CCN(c2ccccc2)CC1. The summed E-state index contributed by atoms with van der Waals surface area (Å²) in [5.41, 5.74) is 8.31. The van der Waals surface area contributed by atoms with E-state index in [4.69, 9.17) is 5.73 Å². The van der Waals surface area contributed by atoms with Gasteiger partial charge in [0.25, 0.3) is 5.69 Å². The number of nitrogens with zero attached hydrogens (tertiary/aromatic N) is 5. The molecule has 26 heavy (non-hydrogen) atoms. The number of para-hydroxylation sites is 1. The van der Waals surface area contributed by atoms with Gasteiger partial charge in [0, 0.05) is 44.0 Å². The summed E-state index contributed by atoms with van der Waals surface area (Å²) in [6.45, 7) is 3.30. The normalized spacial score (nSPS) is 14.6. The Labute approximate surface area is 150 Å². The molecule has 0 bridgehead atoms. The largest absolute Gasteiger partial charge is 0.381 e. The molecule has 0 saturated carbocycles. The molecule has 2 heterocycles.